The van der Waals surface area contributed by atoms with E-state index >= 15 is 0 Å². The van der Waals surface area contributed by atoms with E-state index in [9.17, 15) is 8.42 Å². The Morgan fingerprint density at radius 2 is 2.05 bits per heavy atom. The van der Waals surface area contributed by atoms with E-state index in [0.29, 0.717) is 18.0 Å². The van der Waals surface area contributed by atoms with E-state index in [0.717, 1.165) is 0 Å². The van der Waals surface area contributed by atoms with Crippen molar-refractivity contribution in [3.05, 3.63) is 23.7 Å². The molecule has 0 fully saturated rings. The van der Waals surface area contributed by atoms with Crippen molar-refractivity contribution in [3.63, 3.8) is 0 Å². The van der Waals surface area contributed by atoms with Gasteiger partial charge < -0.3 is 4.52 Å². The third-order valence-electron chi connectivity index (χ3n) is 3.14. The minimum absolute atomic E-state index is 0.143. The second-order valence-corrected chi connectivity index (χ2v) is 7.49. The Hall–Kier alpha value is -1.83. The van der Waals surface area contributed by atoms with Crippen LogP contribution in [0.4, 0.5) is 5.82 Å². The molecule has 2 aromatic rings. The molecule has 7 nitrogen and oxygen atoms in total. The summed E-state index contributed by atoms with van der Waals surface area (Å²) in [7, 11) is -3.72. The van der Waals surface area contributed by atoms with E-state index in [2.05, 4.69) is 15.0 Å². The van der Waals surface area contributed by atoms with Crippen LogP contribution in [0.1, 0.15) is 39.1 Å². The van der Waals surface area contributed by atoms with Crippen molar-refractivity contribution in [3.8, 4) is 0 Å². The molecule has 0 radical (unpaired) electrons. The summed E-state index contributed by atoms with van der Waals surface area (Å²) in [6, 6.07) is 1.59. The summed E-state index contributed by atoms with van der Waals surface area (Å²) in [5, 5.41) is 7.80. The molecule has 21 heavy (non-hydrogen) atoms. The molecule has 116 valence electrons. The molecule has 0 aromatic carbocycles. The third-order valence-corrected chi connectivity index (χ3v) is 4.59. The average molecular weight is 312 g/mol. The van der Waals surface area contributed by atoms with Gasteiger partial charge in [-0.05, 0) is 13.8 Å². The lowest BCUT2D eigenvalue weighted by Crippen LogP contribution is -2.14. The first kappa shape index (κ1) is 15.6. The lowest BCUT2D eigenvalue weighted by molar-refractivity contribution is 0.331. The smallest absolute Gasteiger partial charge is 0.266 e. The maximum absolute atomic E-state index is 12.4. The Morgan fingerprint density at radius 3 is 2.52 bits per heavy atom. The molecule has 0 saturated carbocycles. The van der Waals surface area contributed by atoms with Gasteiger partial charge in [-0.2, -0.15) is 5.10 Å². The number of nitrogens with one attached hydrogen (secondary N) is 1. The first-order chi connectivity index (χ1) is 9.65. The highest BCUT2D eigenvalue weighted by Crippen LogP contribution is 2.26. The van der Waals surface area contributed by atoms with Gasteiger partial charge >= 0.3 is 0 Å². The number of aromatic nitrogens is 3. The van der Waals surface area contributed by atoms with Gasteiger partial charge in [-0.1, -0.05) is 25.9 Å². The van der Waals surface area contributed by atoms with Crippen LogP contribution in [0.5, 0.6) is 0 Å². The fourth-order valence-corrected chi connectivity index (χ4v) is 3.04. The standard InChI is InChI=1S/C13H20N4O3S/c1-6-17-9(2)10(8-14-17)21(18,19)16-12-7-11(20-15-12)13(3,4)5/h7-8H,6H2,1-5H3,(H,15,16). The third kappa shape index (κ3) is 3.10. The molecule has 2 rings (SSSR count). The molecule has 2 aromatic heterocycles. The topological polar surface area (TPSA) is 90.0 Å². The van der Waals surface area contributed by atoms with Crippen LogP contribution >= 0.6 is 0 Å². The monoisotopic (exact) mass is 312 g/mol. The lowest BCUT2D eigenvalue weighted by atomic mass is 9.93. The summed E-state index contributed by atoms with van der Waals surface area (Å²) in [4.78, 5) is 0.143. The summed E-state index contributed by atoms with van der Waals surface area (Å²) in [5.74, 6) is 0.782. The van der Waals surface area contributed by atoms with E-state index in [1.165, 1.54) is 6.20 Å². The van der Waals surface area contributed by atoms with Gasteiger partial charge in [-0.15, -0.1) is 0 Å². The van der Waals surface area contributed by atoms with Crippen LogP contribution in [0.3, 0.4) is 0 Å². The number of rotatable bonds is 4. The predicted octanol–water partition coefficient (Wildman–Crippen LogP) is 2.30. The second-order valence-electron chi connectivity index (χ2n) is 5.84. The van der Waals surface area contributed by atoms with Crippen LogP contribution in [0.25, 0.3) is 0 Å². The maximum Gasteiger partial charge on any atom is 0.266 e. The van der Waals surface area contributed by atoms with Crippen LogP contribution in [0, 0.1) is 6.92 Å². The largest absolute Gasteiger partial charge is 0.359 e. The Labute approximate surface area is 124 Å². The molecule has 0 spiro atoms. The van der Waals surface area contributed by atoms with Gasteiger partial charge in [0, 0.05) is 18.0 Å². The van der Waals surface area contributed by atoms with Crippen molar-refractivity contribution < 1.29 is 12.9 Å². The van der Waals surface area contributed by atoms with Crippen LogP contribution in [-0.2, 0) is 22.0 Å². The van der Waals surface area contributed by atoms with Gasteiger partial charge in [0.2, 0.25) is 0 Å². The predicted molar refractivity (Wildman–Crippen MR) is 78.6 cm³/mol. The minimum Gasteiger partial charge on any atom is -0.359 e. The Bertz CT molecular complexity index is 738. The van der Waals surface area contributed by atoms with Gasteiger partial charge in [0.25, 0.3) is 10.0 Å². The number of anilines is 1. The summed E-state index contributed by atoms with van der Waals surface area (Å²) < 4.78 is 33.9. The zero-order valence-electron chi connectivity index (χ0n) is 12.8. The lowest BCUT2D eigenvalue weighted by Gasteiger charge is -2.12. The van der Waals surface area contributed by atoms with Crippen molar-refractivity contribution >= 4 is 15.8 Å². The molecule has 0 unspecified atom stereocenters. The van der Waals surface area contributed by atoms with Crippen molar-refractivity contribution in [2.75, 3.05) is 4.72 Å². The zero-order valence-corrected chi connectivity index (χ0v) is 13.7. The summed E-state index contributed by atoms with van der Waals surface area (Å²) >= 11 is 0. The van der Waals surface area contributed by atoms with Crippen molar-refractivity contribution in [1.82, 2.24) is 14.9 Å². The first-order valence-corrected chi connectivity index (χ1v) is 8.16. The molecular weight excluding hydrogens is 292 g/mol. The molecule has 8 heteroatoms. The van der Waals surface area contributed by atoms with E-state index in [1.54, 1.807) is 17.7 Å². The molecule has 0 aliphatic rings. The molecule has 0 aliphatic heterocycles. The maximum atomic E-state index is 12.4. The molecule has 0 atom stereocenters. The number of sulfonamides is 1. The average Bonchev–Trinajstić information content (AvgIpc) is 2.94. The van der Waals surface area contributed by atoms with E-state index in [1.807, 2.05) is 27.7 Å². The molecule has 0 bridgehead atoms. The second kappa shape index (κ2) is 5.18. The number of hydrogen-bond donors (Lipinski definition) is 1. The van der Waals surface area contributed by atoms with Crippen LogP contribution in [-0.4, -0.2) is 23.4 Å². The number of nitrogens with zero attached hydrogens (tertiary/aromatic N) is 3. The van der Waals surface area contributed by atoms with Crippen LogP contribution < -0.4 is 4.72 Å². The van der Waals surface area contributed by atoms with Gasteiger partial charge in [-0.3, -0.25) is 9.40 Å². The first-order valence-electron chi connectivity index (χ1n) is 6.67. The highest BCUT2D eigenvalue weighted by molar-refractivity contribution is 7.92. The van der Waals surface area contributed by atoms with Crippen molar-refractivity contribution in [2.24, 2.45) is 0 Å². The van der Waals surface area contributed by atoms with E-state index < -0.39 is 10.0 Å². The summed E-state index contributed by atoms with van der Waals surface area (Å²) in [6.45, 7) is 10.1. The Balaban J connectivity index is 2.29. The highest BCUT2D eigenvalue weighted by atomic mass is 32.2. The van der Waals surface area contributed by atoms with Gasteiger partial charge in [-0.25, -0.2) is 8.42 Å². The number of aryl methyl sites for hydroxylation is 1. The van der Waals surface area contributed by atoms with Crippen LogP contribution in [0.2, 0.25) is 0 Å². The SMILES string of the molecule is CCn1ncc(S(=O)(=O)Nc2cc(C(C)(C)C)on2)c1C. The number of hydrogen-bond acceptors (Lipinski definition) is 5. The van der Waals surface area contributed by atoms with Gasteiger partial charge in [0.15, 0.2) is 5.82 Å². The zero-order chi connectivity index (χ0) is 15.8. The quantitative estimate of drug-likeness (QED) is 0.935. The van der Waals surface area contributed by atoms with E-state index in [-0.39, 0.29) is 16.1 Å². The fraction of sp³-hybridized carbons (Fsp3) is 0.538. The normalized spacial score (nSPS) is 12.6. The summed E-state index contributed by atoms with van der Waals surface area (Å²) in [6.07, 6.45) is 1.34. The van der Waals surface area contributed by atoms with Gasteiger partial charge in [0.05, 0.1) is 11.9 Å². The van der Waals surface area contributed by atoms with Gasteiger partial charge in [0.1, 0.15) is 10.7 Å². The van der Waals surface area contributed by atoms with Crippen LogP contribution in [0.15, 0.2) is 21.7 Å². The van der Waals surface area contributed by atoms with Crippen molar-refractivity contribution in [1.29, 1.82) is 0 Å². The molecule has 2 heterocycles. The molecular formula is C13H20N4O3S. The van der Waals surface area contributed by atoms with E-state index in [4.69, 9.17) is 4.52 Å². The minimum atomic E-state index is -3.72. The molecule has 0 saturated heterocycles. The molecule has 0 aliphatic carbocycles. The Morgan fingerprint density at radius 1 is 1.38 bits per heavy atom. The summed E-state index contributed by atoms with van der Waals surface area (Å²) in [5.41, 5.74) is 0.351. The highest BCUT2D eigenvalue weighted by Gasteiger charge is 2.24. The Kier molecular flexibility index (Phi) is 3.83. The molecule has 0 amide bonds. The molecule has 1 N–H and O–H groups in total. The van der Waals surface area contributed by atoms with Crippen molar-refractivity contribution in [2.45, 2.75) is 51.5 Å². The fourth-order valence-electron chi connectivity index (χ4n) is 1.88.